The third-order valence-electron chi connectivity index (χ3n) is 5.57. The predicted molar refractivity (Wildman–Crippen MR) is 116 cm³/mol. The van der Waals surface area contributed by atoms with Gasteiger partial charge in [0.1, 0.15) is 0 Å². The lowest BCUT2D eigenvalue weighted by Gasteiger charge is -2.10. The van der Waals surface area contributed by atoms with Crippen molar-refractivity contribution in [2.24, 2.45) is 0 Å². The molecule has 3 nitrogen and oxygen atoms in total. The van der Waals surface area contributed by atoms with Gasteiger partial charge in [0.05, 0.1) is 6.10 Å². The van der Waals surface area contributed by atoms with Crippen LogP contribution in [0.15, 0.2) is 0 Å². The Morgan fingerprint density at radius 3 is 1.30 bits per heavy atom. The summed E-state index contributed by atoms with van der Waals surface area (Å²) in [6, 6.07) is 0. The highest BCUT2D eigenvalue weighted by molar-refractivity contribution is 5.66. The third-order valence-corrected chi connectivity index (χ3v) is 5.57. The highest BCUT2D eigenvalue weighted by atomic mass is 16.4. The number of aliphatic hydroxyl groups is 1. The number of hydrogen-bond acceptors (Lipinski definition) is 2. The van der Waals surface area contributed by atoms with Crippen LogP contribution in [0, 0.1) is 0 Å². The third kappa shape index (κ3) is 23.4. The Labute approximate surface area is 169 Å². The number of aliphatic hydroxyl groups excluding tert-OH is 1. The van der Waals surface area contributed by atoms with Crippen molar-refractivity contribution in [1.82, 2.24) is 0 Å². The molecule has 162 valence electrons. The van der Waals surface area contributed by atoms with Gasteiger partial charge in [0.25, 0.3) is 0 Å². The standard InChI is InChI=1S/C24H48O3/c1-2-3-4-5-6-7-8-9-10-11-14-17-20-23(25)21-18-15-12-13-16-19-22-24(26)27/h23,25H,2-22H2,1H3,(H,26,27). The minimum atomic E-state index is -0.684. The van der Waals surface area contributed by atoms with E-state index in [-0.39, 0.29) is 6.10 Å². The van der Waals surface area contributed by atoms with Gasteiger partial charge < -0.3 is 10.2 Å². The first-order chi connectivity index (χ1) is 13.2. The molecule has 3 heteroatoms. The number of aliphatic carboxylic acids is 1. The minimum Gasteiger partial charge on any atom is -0.481 e. The zero-order valence-electron chi connectivity index (χ0n) is 18.2. The van der Waals surface area contributed by atoms with Crippen molar-refractivity contribution in [2.75, 3.05) is 0 Å². The summed E-state index contributed by atoms with van der Waals surface area (Å²) >= 11 is 0. The fraction of sp³-hybridized carbons (Fsp3) is 0.958. The van der Waals surface area contributed by atoms with Crippen LogP contribution in [0.4, 0.5) is 0 Å². The predicted octanol–water partition coefficient (Wildman–Crippen LogP) is 7.64. The molecule has 27 heavy (non-hydrogen) atoms. The molecule has 0 bridgehead atoms. The number of hydrogen-bond donors (Lipinski definition) is 2. The van der Waals surface area contributed by atoms with Crippen LogP contribution in [0.3, 0.4) is 0 Å². The van der Waals surface area contributed by atoms with E-state index in [2.05, 4.69) is 6.92 Å². The van der Waals surface area contributed by atoms with Gasteiger partial charge in [-0.3, -0.25) is 4.79 Å². The molecule has 0 aliphatic rings. The second kappa shape index (κ2) is 21.7. The van der Waals surface area contributed by atoms with E-state index in [1.807, 2.05) is 0 Å². The molecular weight excluding hydrogens is 336 g/mol. The molecule has 1 atom stereocenters. The Balaban J connectivity index is 3.15. The summed E-state index contributed by atoms with van der Waals surface area (Å²) in [7, 11) is 0. The number of carboxylic acids is 1. The quantitative estimate of drug-likeness (QED) is 0.188. The number of unbranched alkanes of at least 4 members (excludes halogenated alkanes) is 16. The lowest BCUT2D eigenvalue weighted by molar-refractivity contribution is -0.137. The molecule has 0 fully saturated rings. The van der Waals surface area contributed by atoms with E-state index in [0.29, 0.717) is 6.42 Å². The maximum atomic E-state index is 10.4. The average Bonchev–Trinajstić information content (AvgIpc) is 2.64. The van der Waals surface area contributed by atoms with E-state index in [1.54, 1.807) is 0 Å². The van der Waals surface area contributed by atoms with Crippen LogP contribution in [0.2, 0.25) is 0 Å². The van der Waals surface area contributed by atoms with Gasteiger partial charge in [0, 0.05) is 6.42 Å². The molecule has 0 aliphatic heterocycles. The van der Waals surface area contributed by atoms with Gasteiger partial charge in [0.2, 0.25) is 0 Å². The summed E-state index contributed by atoms with van der Waals surface area (Å²) in [5, 5.41) is 18.6. The minimum absolute atomic E-state index is 0.111. The monoisotopic (exact) mass is 384 g/mol. The SMILES string of the molecule is CCCCCCCCCCCCCCC(O)CCCCCCCCC(=O)O. The smallest absolute Gasteiger partial charge is 0.303 e. The van der Waals surface area contributed by atoms with Crippen LogP contribution in [0.1, 0.15) is 142 Å². The van der Waals surface area contributed by atoms with E-state index in [4.69, 9.17) is 5.11 Å². The van der Waals surface area contributed by atoms with Crippen LogP contribution >= 0.6 is 0 Å². The van der Waals surface area contributed by atoms with E-state index < -0.39 is 5.97 Å². The van der Waals surface area contributed by atoms with Crippen molar-refractivity contribution in [1.29, 1.82) is 0 Å². The maximum absolute atomic E-state index is 10.4. The summed E-state index contributed by atoms with van der Waals surface area (Å²) in [5.74, 6) is -0.684. The van der Waals surface area contributed by atoms with Gasteiger partial charge in [-0.1, -0.05) is 116 Å². The number of rotatable bonds is 22. The van der Waals surface area contributed by atoms with Crippen molar-refractivity contribution in [3.8, 4) is 0 Å². The van der Waals surface area contributed by atoms with Gasteiger partial charge in [-0.25, -0.2) is 0 Å². The zero-order valence-corrected chi connectivity index (χ0v) is 18.2. The molecular formula is C24H48O3. The van der Waals surface area contributed by atoms with Gasteiger partial charge in [-0.15, -0.1) is 0 Å². The Morgan fingerprint density at radius 1 is 0.593 bits per heavy atom. The average molecular weight is 385 g/mol. The Bertz CT molecular complexity index is 304. The second-order valence-electron chi connectivity index (χ2n) is 8.39. The molecule has 0 saturated heterocycles. The Morgan fingerprint density at radius 2 is 0.926 bits per heavy atom. The molecule has 1 unspecified atom stereocenters. The fourth-order valence-corrected chi connectivity index (χ4v) is 3.73. The lowest BCUT2D eigenvalue weighted by Crippen LogP contribution is -2.05. The largest absolute Gasteiger partial charge is 0.481 e. The number of carbonyl (C=O) groups is 1. The van der Waals surface area contributed by atoms with Crippen molar-refractivity contribution in [2.45, 2.75) is 148 Å². The van der Waals surface area contributed by atoms with Crippen molar-refractivity contribution in [3.05, 3.63) is 0 Å². The second-order valence-corrected chi connectivity index (χ2v) is 8.39. The first-order valence-corrected chi connectivity index (χ1v) is 12.1. The molecule has 0 rings (SSSR count). The summed E-state index contributed by atoms with van der Waals surface area (Å²) in [5.41, 5.74) is 0. The Kier molecular flexibility index (Phi) is 21.3. The summed E-state index contributed by atoms with van der Waals surface area (Å²) in [6.07, 6.45) is 24.9. The van der Waals surface area contributed by atoms with Crippen molar-refractivity contribution < 1.29 is 15.0 Å². The molecule has 0 heterocycles. The van der Waals surface area contributed by atoms with Gasteiger partial charge >= 0.3 is 5.97 Å². The molecule has 0 spiro atoms. The molecule has 0 aliphatic carbocycles. The molecule has 0 amide bonds. The molecule has 0 saturated carbocycles. The highest BCUT2D eigenvalue weighted by Crippen LogP contribution is 2.15. The van der Waals surface area contributed by atoms with E-state index in [1.165, 1.54) is 89.9 Å². The topological polar surface area (TPSA) is 57.5 Å². The highest BCUT2D eigenvalue weighted by Gasteiger charge is 2.04. The van der Waals surface area contributed by atoms with E-state index >= 15 is 0 Å². The normalized spacial score (nSPS) is 12.4. The van der Waals surface area contributed by atoms with Crippen LogP contribution in [-0.4, -0.2) is 22.3 Å². The number of carboxylic acid groups (broad SMARTS) is 1. The summed E-state index contributed by atoms with van der Waals surface area (Å²) in [4.78, 5) is 10.4. The van der Waals surface area contributed by atoms with E-state index in [9.17, 15) is 9.90 Å². The molecule has 0 aromatic heterocycles. The fourth-order valence-electron chi connectivity index (χ4n) is 3.73. The first kappa shape index (κ1) is 26.4. The van der Waals surface area contributed by atoms with Crippen molar-refractivity contribution >= 4 is 5.97 Å². The molecule has 2 N–H and O–H groups in total. The van der Waals surface area contributed by atoms with Crippen LogP contribution in [0.25, 0.3) is 0 Å². The van der Waals surface area contributed by atoms with Crippen molar-refractivity contribution in [3.63, 3.8) is 0 Å². The summed E-state index contributed by atoms with van der Waals surface area (Å²) in [6.45, 7) is 2.27. The molecule has 0 aromatic rings. The van der Waals surface area contributed by atoms with Gasteiger partial charge in [-0.2, -0.15) is 0 Å². The maximum Gasteiger partial charge on any atom is 0.303 e. The van der Waals surface area contributed by atoms with Gasteiger partial charge in [-0.05, 0) is 19.3 Å². The summed E-state index contributed by atoms with van der Waals surface area (Å²) < 4.78 is 0. The molecule has 0 radical (unpaired) electrons. The Hall–Kier alpha value is -0.570. The van der Waals surface area contributed by atoms with Crippen LogP contribution < -0.4 is 0 Å². The van der Waals surface area contributed by atoms with Crippen LogP contribution in [0.5, 0.6) is 0 Å². The molecule has 0 aromatic carbocycles. The lowest BCUT2D eigenvalue weighted by atomic mass is 10.0. The zero-order chi connectivity index (χ0) is 20.0. The van der Waals surface area contributed by atoms with E-state index in [0.717, 1.165) is 38.5 Å². The van der Waals surface area contributed by atoms with Gasteiger partial charge in [0.15, 0.2) is 0 Å². The first-order valence-electron chi connectivity index (χ1n) is 12.1. The van der Waals surface area contributed by atoms with Crippen LogP contribution in [-0.2, 0) is 4.79 Å².